The molecule has 1 aliphatic rings. The number of methoxy groups -OCH3 is 1. The number of hydrogen-bond donors (Lipinski definition) is 0. The van der Waals surface area contributed by atoms with Crippen LogP contribution in [0.25, 0.3) is 0 Å². The quantitative estimate of drug-likeness (QED) is 0.674. The first-order valence-corrected chi connectivity index (χ1v) is 10.9. The third kappa shape index (κ3) is 4.27. The molecule has 1 aliphatic heterocycles. The smallest absolute Gasteiger partial charge is 0.268 e. The van der Waals surface area contributed by atoms with Gasteiger partial charge in [-0.15, -0.1) is 0 Å². The number of para-hydroxylation sites is 1. The number of amides is 1. The lowest BCUT2D eigenvalue weighted by Crippen LogP contribution is -2.42. The van der Waals surface area contributed by atoms with Gasteiger partial charge in [0.05, 0.1) is 12.8 Å². The topological polar surface area (TPSA) is 66.9 Å². The van der Waals surface area contributed by atoms with Crippen molar-refractivity contribution in [3.05, 3.63) is 53.0 Å². The number of nitrogens with zero attached hydrogens (tertiary/aromatic N) is 2. The molecule has 0 unspecified atom stereocenters. The summed E-state index contributed by atoms with van der Waals surface area (Å²) in [5.74, 6) is 0.0293. The molecule has 2 aromatic rings. The number of likely N-dealkylation sites (tertiary alicyclic amines) is 1. The Kier molecular flexibility index (Phi) is 6.06. The molecule has 144 valence electrons. The summed E-state index contributed by atoms with van der Waals surface area (Å²) in [4.78, 5) is 14.4. The largest absolute Gasteiger partial charge is 0.495 e. The van der Waals surface area contributed by atoms with Crippen molar-refractivity contribution in [1.82, 2.24) is 4.90 Å². The Balaban J connectivity index is 2.04. The monoisotopic (exact) mass is 452 g/mol. The number of sulfonamides is 1. The standard InChI is InChI=1S/C19H21BrN2O4S/c1-26-17-10-9-15(20)13-18(17)27(24,25)22(16-7-3-2-4-8-16)14-19(23)21-11-5-6-12-21/h2-4,7-10,13H,5-6,11-12,14H2,1H3. The number of carbonyl (C=O) groups is 1. The van der Waals surface area contributed by atoms with E-state index in [1.807, 2.05) is 0 Å². The molecule has 0 atom stereocenters. The molecule has 0 N–H and O–H groups in total. The van der Waals surface area contributed by atoms with Gasteiger partial charge in [0.25, 0.3) is 10.0 Å². The van der Waals surface area contributed by atoms with Crippen LogP contribution in [0.5, 0.6) is 5.75 Å². The van der Waals surface area contributed by atoms with E-state index in [0.29, 0.717) is 23.2 Å². The van der Waals surface area contributed by atoms with Crippen LogP contribution in [0, 0.1) is 0 Å². The number of anilines is 1. The average Bonchev–Trinajstić information content (AvgIpc) is 3.21. The summed E-state index contributed by atoms with van der Waals surface area (Å²) < 4.78 is 34.0. The summed E-state index contributed by atoms with van der Waals surface area (Å²) >= 11 is 3.31. The van der Waals surface area contributed by atoms with Crippen molar-refractivity contribution < 1.29 is 17.9 Å². The van der Waals surface area contributed by atoms with Crippen LogP contribution in [0.3, 0.4) is 0 Å². The summed E-state index contributed by atoms with van der Waals surface area (Å²) in [6, 6.07) is 13.4. The summed E-state index contributed by atoms with van der Waals surface area (Å²) in [6.07, 6.45) is 1.90. The number of hydrogen-bond acceptors (Lipinski definition) is 4. The lowest BCUT2D eigenvalue weighted by Gasteiger charge is -2.27. The maximum absolute atomic E-state index is 13.5. The molecular formula is C19H21BrN2O4S. The first kappa shape index (κ1) is 19.7. The highest BCUT2D eigenvalue weighted by Gasteiger charge is 2.32. The molecule has 27 heavy (non-hydrogen) atoms. The Bertz CT molecular complexity index is 913. The molecule has 1 fully saturated rings. The zero-order valence-corrected chi connectivity index (χ0v) is 17.4. The van der Waals surface area contributed by atoms with Gasteiger partial charge in [-0.1, -0.05) is 34.1 Å². The number of rotatable bonds is 6. The SMILES string of the molecule is COc1ccc(Br)cc1S(=O)(=O)N(CC(=O)N1CCCC1)c1ccccc1. The fourth-order valence-electron chi connectivity index (χ4n) is 3.07. The molecule has 1 heterocycles. The van der Waals surface area contributed by atoms with Crippen LogP contribution in [0.15, 0.2) is 57.9 Å². The van der Waals surface area contributed by atoms with E-state index in [9.17, 15) is 13.2 Å². The van der Waals surface area contributed by atoms with Crippen LogP contribution in [-0.2, 0) is 14.8 Å². The van der Waals surface area contributed by atoms with Crippen LogP contribution >= 0.6 is 15.9 Å². The van der Waals surface area contributed by atoms with Gasteiger partial charge in [0, 0.05) is 17.6 Å². The van der Waals surface area contributed by atoms with Crippen LogP contribution < -0.4 is 9.04 Å². The van der Waals surface area contributed by atoms with Gasteiger partial charge in [-0.3, -0.25) is 9.10 Å². The van der Waals surface area contributed by atoms with Crippen molar-refractivity contribution in [3.63, 3.8) is 0 Å². The molecule has 0 aromatic heterocycles. The van der Waals surface area contributed by atoms with Crippen molar-refractivity contribution >= 4 is 37.5 Å². The van der Waals surface area contributed by atoms with Crippen LogP contribution in [0.1, 0.15) is 12.8 Å². The highest BCUT2D eigenvalue weighted by atomic mass is 79.9. The molecule has 0 aliphatic carbocycles. The van der Waals surface area contributed by atoms with Gasteiger partial charge in [-0.05, 0) is 43.2 Å². The van der Waals surface area contributed by atoms with E-state index >= 15 is 0 Å². The first-order valence-electron chi connectivity index (χ1n) is 8.62. The van der Waals surface area contributed by atoms with E-state index in [4.69, 9.17) is 4.74 Å². The molecule has 3 rings (SSSR count). The maximum atomic E-state index is 13.5. The second-order valence-electron chi connectivity index (χ2n) is 6.23. The fraction of sp³-hybridized carbons (Fsp3) is 0.316. The maximum Gasteiger partial charge on any atom is 0.268 e. The van der Waals surface area contributed by atoms with Crippen molar-refractivity contribution in [2.75, 3.05) is 31.0 Å². The Morgan fingerprint density at radius 3 is 2.44 bits per heavy atom. The summed E-state index contributed by atoms with van der Waals surface area (Å²) in [6.45, 7) is 1.09. The molecule has 0 saturated carbocycles. The van der Waals surface area contributed by atoms with E-state index in [1.54, 1.807) is 47.4 Å². The van der Waals surface area contributed by atoms with Gasteiger partial charge in [-0.25, -0.2) is 8.42 Å². The normalized spacial score (nSPS) is 14.2. The molecule has 2 aromatic carbocycles. The van der Waals surface area contributed by atoms with E-state index in [0.717, 1.165) is 17.1 Å². The van der Waals surface area contributed by atoms with Gasteiger partial charge in [-0.2, -0.15) is 0 Å². The average molecular weight is 453 g/mol. The van der Waals surface area contributed by atoms with Crippen molar-refractivity contribution in [2.45, 2.75) is 17.7 Å². The predicted octanol–water partition coefficient (Wildman–Crippen LogP) is 3.28. The van der Waals surface area contributed by atoms with Crippen LogP contribution in [-0.4, -0.2) is 46.0 Å². The number of halogens is 1. The molecule has 0 bridgehead atoms. The lowest BCUT2D eigenvalue weighted by atomic mass is 10.3. The summed E-state index contributed by atoms with van der Waals surface area (Å²) in [5.41, 5.74) is 0.437. The minimum atomic E-state index is -4.01. The summed E-state index contributed by atoms with van der Waals surface area (Å²) in [7, 11) is -2.59. The van der Waals surface area contributed by atoms with E-state index < -0.39 is 10.0 Å². The van der Waals surface area contributed by atoms with Gasteiger partial charge >= 0.3 is 0 Å². The second-order valence-corrected chi connectivity index (χ2v) is 8.98. The molecular weight excluding hydrogens is 432 g/mol. The highest BCUT2D eigenvalue weighted by molar-refractivity contribution is 9.10. The van der Waals surface area contributed by atoms with Crippen molar-refractivity contribution in [3.8, 4) is 5.75 Å². The van der Waals surface area contributed by atoms with Gasteiger partial charge < -0.3 is 9.64 Å². The van der Waals surface area contributed by atoms with Crippen LogP contribution in [0.2, 0.25) is 0 Å². The van der Waals surface area contributed by atoms with Crippen molar-refractivity contribution in [1.29, 1.82) is 0 Å². The van der Waals surface area contributed by atoms with Crippen molar-refractivity contribution in [2.24, 2.45) is 0 Å². The molecule has 0 radical (unpaired) electrons. The molecule has 1 saturated heterocycles. The minimum absolute atomic E-state index is 0.0115. The minimum Gasteiger partial charge on any atom is -0.495 e. The Morgan fingerprint density at radius 1 is 1.15 bits per heavy atom. The molecule has 1 amide bonds. The summed E-state index contributed by atoms with van der Waals surface area (Å²) in [5, 5.41) is 0. The highest BCUT2D eigenvalue weighted by Crippen LogP contribution is 2.32. The van der Waals surface area contributed by atoms with Gasteiger partial charge in [0.15, 0.2) is 0 Å². The van der Waals surface area contributed by atoms with E-state index in [2.05, 4.69) is 15.9 Å². The molecule has 6 nitrogen and oxygen atoms in total. The van der Waals surface area contributed by atoms with E-state index in [1.165, 1.54) is 13.2 Å². The molecule has 8 heteroatoms. The lowest BCUT2D eigenvalue weighted by molar-refractivity contribution is -0.128. The predicted molar refractivity (Wildman–Crippen MR) is 107 cm³/mol. The zero-order valence-electron chi connectivity index (χ0n) is 15.0. The zero-order chi connectivity index (χ0) is 19.4. The Hall–Kier alpha value is -2.06. The number of carbonyl (C=O) groups excluding carboxylic acids is 1. The third-order valence-corrected chi connectivity index (χ3v) is 6.76. The second kappa shape index (κ2) is 8.31. The Labute approximate surface area is 167 Å². The third-order valence-electron chi connectivity index (χ3n) is 4.48. The van der Waals surface area contributed by atoms with Gasteiger partial charge in [0.2, 0.25) is 5.91 Å². The first-order chi connectivity index (χ1) is 12.9. The van der Waals surface area contributed by atoms with E-state index in [-0.39, 0.29) is 23.1 Å². The molecule has 0 spiro atoms. The van der Waals surface area contributed by atoms with Crippen LogP contribution in [0.4, 0.5) is 5.69 Å². The fourth-order valence-corrected chi connectivity index (χ4v) is 5.18. The number of ether oxygens (including phenoxy) is 1. The number of benzene rings is 2. The Morgan fingerprint density at radius 2 is 1.81 bits per heavy atom. The van der Waals surface area contributed by atoms with Gasteiger partial charge in [0.1, 0.15) is 17.2 Å².